The molecule has 7 N–H and O–H groups in total. The molecule has 0 aliphatic heterocycles. The molecule has 10 heteroatoms. The first-order valence-electron chi connectivity index (χ1n) is 10.6. The molecule has 0 saturated heterocycles. The van der Waals surface area contributed by atoms with Gasteiger partial charge >= 0.3 is 5.97 Å². The number of phenolic OH excluding ortho intramolecular Hbond substituents is 1. The van der Waals surface area contributed by atoms with E-state index in [1.807, 2.05) is 13.8 Å². The molecule has 4 atom stereocenters. The fourth-order valence-corrected chi connectivity index (χ4v) is 2.89. The van der Waals surface area contributed by atoms with Gasteiger partial charge in [-0.3, -0.25) is 14.4 Å². The average Bonchev–Trinajstić information content (AvgIpc) is 2.75. The molecule has 1 aromatic rings. The second-order valence-corrected chi connectivity index (χ2v) is 8.19. The van der Waals surface area contributed by atoms with Crippen molar-refractivity contribution in [3.05, 3.63) is 29.8 Å². The molecule has 1 aromatic carbocycles. The van der Waals surface area contributed by atoms with Crippen LogP contribution in [0.3, 0.4) is 0 Å². The molecule has 0 fully saturated rings. The Morgan fingerprint density at radius 3 is 2.09 bits per heavy atom. The Hall–Kier alpha value is -3.14. The number of amides is 3. The summed E-state index contributed by atoms with van der Waals surface area (Å²) in [6, 6.07) is 3.09. The number of carbonyl (C=O) groups excluding carboxylic acids is 3. The van der Waals surface area contributed by atoms with E-state index in [0.29, 0.717) is 12.0 Å². The number of nitrogens with two attached hydrogens (primary N) is 1. The van der Waals surface area contributed by atoms with Crippen LogP contribution in [0.4, 0.5) is 0 Å². The van der Waals surface area contributed by atoms with E-state index in [0.717, 1.165) is 0 Å². The first-order valence-corrected chi connectivity index (χ1v) is 10.6. The highest BCUT2D eigenvalue weighted by Crippen LogP contribution is 2.11. The minimum atomic E-state index is -1.23. The molecule has 0 aliphatic rings. The van der Waals surface area contributed by atoms with E-state index in [-0.39, 0.29) is 24.0 Å². The second-order valence-electron chi connectivity index (χ2n) is 8.19. The summed E-state index contributed by atoms with van der Waals surface area (Å²) >= 11 is 0. The van der Waals surface area contributed by atoms with Gasteiger partial charge in [-0.05, 0) is 29.5 Å². The summed E-state index contributed by atoms with van der Waals surface area (Å²) < 4.78 is 0. The van der Waals surface area contributed by atoms with Crippen molar-refractivity contribution in [1.29, 1.82) is 0 Å². The molecule has 0 radical (unpaired) electrons. The van der Waals surface area contributed by atoms with Crippen LogP contribution < -0.4 is 21.7 Å². The zero-order chi connectivity index (χ0) is 24.4. The molecule has 32 heavy (non-hydrogen) atoms. The summed E-state index contributed by atoms with van der Waals surface area (Å²) in [4.78, 5) is 48.6. The molecule has 3 amide bonds. The van der Waals surface area contributed by atoms with Gasteiger partial charge in [0.1, 0.15) is 17.8 Å². The lowest BCUT2D eigenvalue weighted by atomic mass is 9.97. The topological polar surface area (TPSA) is 171 Å². The molecule has 4 unspecified atom stereocenters. The zero-order valence-corrected chi connectivity index (χ0v) is 18.9. The lowest BCUT2D eigenvalue weighted by Gasteiger charge is -2.25. The summed E-state index contributed by atoms with van der Waals surface area (Å²) in [6.45, 7) is 6.80. The van der Waals surface area contributed by atoms with Crippen molar-refractivity contribution in [2.45, 2.75) is 58.7 Å². The number of hydrogen-bond donors (Lipinski definition) is 6. The minimum Gasteiger partial charge on any atom is -0.508 e. The van der Waals surface area contributed by atoms with E-state index in [9.17, 15) is 29.4 Å². The Morgan fingerprint density at radius 1 is 1.00 bits per heavy atom. The van der Waals surface area contributed by atoms with Crippen LogP contribution in [0.5, 0.6) is 5.75 Å². The highest BCUT2D eigenvalue weighted by Gasteiger charge is 2.28. The van der Waals surface area contributed by atoms with E-state index in [1.54, 1.807) is 26.0 Å². The van der Waals surface area contributed by atoms with E-state index < -0.39 is 48.4 Å². The summed E-state index contributed by atoms with van der Waals surface area (Å²) in [5.74, 6) is -3.20. The van der Waals surface area contributed by atoms with Crippen LogP contribution in [0, 0.1) is 11.8 Å². The molecule has 0 bridgehead atoms. The smallest absolute Gasteiger partial charge is 0.326 e. The van der Waals surface area contributed by atoms with Gasteiger partial charge in [0.25, 0.3) is 0 Å². The highest BCUT2D eigenvalue weighted by atomic mass is 16.4. The van der Waals surface area contributed by atoms with E-state index in [1.165, 1.54) is 12.1 Å². The number of phenols is 1. The Kier molecular flexibility index (Phi) is 10.6. The van der Waals surface area contributed by atoms with Gasteiger partial charge < -0.3 is 31.9 Å². The van der Waals surface area contributed by atoms with Crippen molar-refractivity contribution >= 4 is 23.7 Å². The van der Waals surface area contributed by atoms with Gasteiger partial charge in [-0.25, -0.2) is 4.79 Å². The molecular formula is C22H34N4O6. The van der Waals surface area contributed by atoms with Gasteiger partial charge in [-0.1, -0.05) is 46.2 Å². The van der Waals surface area contributed by atoms with Gasteiger partial charge in [-0.2, -0.15) is 0 Å². The Morgan fingerprint density at radius 2 is 1.59 bits per heavy atom. The van der Waals surface area contributed by atoms with Crippen LogP contribution in [0.2, 0.25) is 0 Å². The zero-order valence-electron chi connectivity index (χ0n) is 18.9. The molecular weight excluding hydrogens is 416 g/mol. The molecule has 0 spiro atoms. The fraction of sp³-hybridized carbons (Fsp3) is 0.545. The third-order valence-electron chi connectivity index (χ3n) is 5.24. The van der Waals surface area contributed by atoms with Crippen LogP contribution in [0.1, 0.15) is 39.7 Å². The predicted octanol–water partition coefficient (Wildman–Crippen LogP) is 0.135. The van der Waals surface area contributed by atoms with Crippen LogP contribution >= 0.6 is 0 Å². The number of carboxylic acids is 1. The quantitative estimate of drug-likeness (QED) is 0.263. The first-order chi connectivity index (χ1) is 15.0. The fourth-order valence-electron chi connectivity index (χ4n) is 2.89. The van der Waals surface area contributed by atoms with Gasteiger partial charge in [0.05, 0.1) is 12.6 Å². The molecule has 0 aliphatic carbocycles. The van der Waals surface area contributed by atoms with Gasteiger partial charge in [0, 0.05) is 6.42 Å². The Balaban J connectivity index is 2.66. The third kappa shape index (κ3) is 8.54. The SMILES string of the molecule is CCC(C)C(N)C(=O)NC(C(=O)NCC(=O)NC(Cc1ccc(O)cc1)C(=O)O)C(C)C. The number of rotatable bonds is 12. The lowest BCUT2D eigenvalue weighted by molar-refractivity contribution is -0.141. The molecule has 10 nitrogen and oxygen atoms in total. The number of aromatic hydroxyl groups is 1. The second kappa shape index (κ2) is 12.7. The number of nitrogens with one attached hydrogen (secondary N) is 3. The van der Waals surface area contributed by atoms with Gasteiger partial charge in [0.2, 0.25) is 17.7 Å². The first kappa shape index (κ1) is 26.9. The molecule has 0 heterocycles. The van der Waals surface area contributed by atoms with E-state index >= 15 is 0 Å². The molecule has 0 aromatic heterocycles. The lowest BCUT2D eigenvalue weighted by Crippen LogP contribution is -2.56. The number of carboxylic acid groups (broad SMARTS) is 1. The monoisotopic (exact) mass is 450 g/mol. The van der Waals surface area contributed by atoms with Crippen molar-refractivity contribution in [3.8, 4) is 5.75 Å². The summed E-state index contributed by atoms with van der Waals surface area (Å²) in [5, 5.41) is 26.1. The third-order valence-corrected chi connectivity index (χ3v) is 5.24. The maximum absolute atomic E-state index is 12.5. The summed E-state index contributed by atoms with van der Waals surface area (Å²) in [7, 11) is 0. The Labute approximate surface area is 187 Å². The maximum atomic E-state index is 12.5. The summed E-state index contributed by atoms with van der Waals surface area (Å²) in [5.41, 5.74) is 6.53. The summed E-state index contributed by atoms with van der Waals surface area (Å²) in [6.07, 6.45) is 0.718. The van der Waals surface area contributed by atoms with Crippen molar-refractivity contribution < 1.29 is 29.4 Å². The van der Waals surface area contributed by atoms with Crippen LogP contribution in [0.25, 0.3) is 0 Å². The Bertz CT molecular complexity index is 796. The van der Waals surface area contributed by atoms with Crippen LogP contribution in [0.15, 0.2) is 24.3 Å². The van der Waals surface area contributed by atoms with Crippen LogP contribution in [-0.4, -0.2) is 58.6 Å². The van der Waals surface area contributed by atoms with Crippen molar-refractivity contribution in [2.75, 3.05) is 6.54 Å². The van der Waals surface area contributed by atoms with E-state index in [4.69, 9.17) is 5.73 Å². The van der Waals surface area contributed by atoms with E-state index in [2.05, 4.69) is 16.0 Å². The predicted molar refractivity (Wildman–Crippen MR) is 119 cm³/mol. The normalized spacial score (nSPS) is 14.7. The molecule has 178 valence electrons. The number of carbonyl (C=O) groups is 4. The van der Waals surface area contributed by atoms with Crippen molar-refractivity contribution in [3.63, 3.8) is 0 Å². The van der Waals surface area contributed by atoms with Crippen molar-refractivity contribution in [1.82, 2.24) is 16.0 Å². The van der Waals surface area contributed by atoms with Crippen LogP contribution in [-0.2, 0) is 25.6 Å². The van der Waals surface area contributed by atoms with Crippen molar-refractivity contribution in [2.24, 2.45) is 17.6 Å². The molecule has 1 rings (SSSR count). The van der Waals surface area contributed by atoms with Gasteiger partial charge in [-0.15, -0.1) is 0 Å². The molecule has 0 saturated carbocycles. The number of hydrogen-bond acceptors (Lipinski definition) is 6. The largest absolute Gasteiger partial charge is 0.508 e. The number of benzene rings is 1. The minimum absolute atomic E-state index is 0.00742. The number of aliphatic carboxylic acids is 1. The van der Waals surface area contributed by atoms with Gasteiger partial charge in [0.15, 0.2) is 0 Å². The standard InChI is InChI=1S/C22H34N4O6/c1-5-13(4)18(23)20(29)26-19(12(2)3)21(30)24-11-17(28)25-16(22(31)32)10-14-6-8-15(27)9-7-14/h6-9,12-13,16,18-19,27H,5,10-11,23H2,1-4H3,(H,24,30)(H,25,28)(H,26,29)(H,31,32). The maximum Gasteiger partial charge on any atom is 0.326 e. The highest BCUT2D eigenvalue weighted by molar-refractivity contribution is 5.92. The average molecular weight is 451 g/mol.